The molecular formula is C30H33FN6O4. The molecule has 3 aromatic rings. The van der Waals surface area contributed by atoms with Gasteiger partial charge in [0.2, 0.25) is 0 Å². The lowest BCUT2D eigenvalue weighted by atomic mass is 9.92. The fourth-order valence-electron chi connectivity index (χ4n) is 6.25. The van der Waals surface area contributed by atoms with E-state index in [0.29, 0.717) is 60.8 Å². The van der Waals surface area contributed by atoms with E-state index >= 15 is 4.39 Å². The number of likely N-dealkylation sites (tertiary alicyclic amines) is 1. The normalized spacial score (nSPS) is 20.9. The summed E-state index contributed by atoms with van der Waals surface area (Å²) < 4.78 is 27.5. The maximum atomic E-state index is 15.1. The summed E-state index contributed by atoms with van der Waals surface area (Å²) in [7, 11) is 2.08. The number of hydrogen-bond acceptors (Lipinski definition) is 8. The van der Waals surface area contributed by atoms with Crippen molar-refractivity contribution in [1.82, 2.24) is 19.8 Å². The number of aromatic nitrogens is 2. The van der Waals surface area contributed by atoms with Crippen LogP contribution >= 0.6 is 0 Å². The number of hydrogen-bond donors (Lipinski definition) is 1. The second kappa shape index (κ2) is 11.4. The SMILES string of the molecule is CN1CCCC1COc1nc(N2CCN(C(=O)O)C(CC#N)C2)c2c3c(c(-c4ccccc4F)cc2n1)CCCO3. The molecule has 2 fully saturated rings. The number of benzene rings is 2. The molecule has 4 heterocycles. The van der Waals surface area contributed by atoms with Gasteiger partial charge >= 0.3 is 12.1 Å². The molecule has 1 aromatic heterocycles. The van der Waals surface area contributed by atoms with Gasteiger partial charge in [-0.1, -0.05) is 18.2 Å². The summed E-state index contributed by atoms with van der Waals surface area (Å²) in [6, 6.07) is 10.7. The highest BCUT2D eigenvalue weighted by Crippen LogP contribution is 2.45. The lowest BCUT2D eigenvalue weighted by Crippen LogP contribution is -2.55. The Bertz CT molecular complexity index is 1510. The topological polar surface area (TPSA) is 115 Å². The molecule has 10 nitrogen and oxygen atoms in total. The Kier molecular flexibility index (Phi) is 7.49. The van der Waals surface area contributed by atoms with Crippen molar-refractivity contribution in [2.75, 3.05) is 51.3 Å². The van der Waals surface area contributed by atoms with E-state index in [9.17, 15) is 15.2 Å². The molecule has 0 bridgehead atoms. The summed E-state index contributed by atoms with van der Waals surface area (Å²) in [6.45, 7) is 2.87. The van der Waals surface area contributed by atoms with Crippen molar-refractivity contribution in [3.05, 3.63) is 41.7 Å². The molecule has 2 aromatic carbocycles. The Labute approximate surface area is 237 Å². The first-order valence-corrected chi connectivity index (χ1v) is 14.1. The molecule has 6 rings (SSSR count). The summed E-state index contributed by atoms with van der Waals surface area (Å²) in [5.74, 6) is 0.886. The molecule has 0 saturated carbocycles. The van der Waals surface area contributed by atoms with Gasteiger partial charge in [0.1, 0.15) is 24.0 Å². The molecule has 11 heteroatoms. The molecule has 1 amide bonds. The van der Waals surface area contributed by atoms with Crippen LogP contribution in [0, 0.1) is 17.1 Å². The number of nitrogens with zero attached hydrogens (tertiary/aromatic N) is 6. The first-order chi connectivity index (χ1) is 19.9. The number of fused-ring (bicyclic) bond motifs is 3. The second-order valence-corrected chi connectivity index (χ2v) is 10.9. The molecule has 0 radical (unpaired) electrons. The Balaban J connectivity index is 1.49. The van der Waals surface area contributed by atoms with Crippen molar-refractivity contribution in [1.29, 1.82) is 5.26 Å². The first-order valence-electron chi connectivity index (χ1n) is 14.1. The summed E-state index contributed by atoms with van der Waals surface area (Å²) in [6.07, 6.45) is 2.67. The van der Waals surface area contributed by atoms with E-state index in [1.807, 2.05) is 17.0 Å². The zero-order chi connectivity index (χ0) is 28.5. The van der Waals surface area contributed by atoms with Crippen molar-refractivity contribution in [3.8, 4) is 29.0 Å². The van der Waals surface area contributed by atoms with E-state index in [-0.39, 0.29) is 30.8 Å². The van der Waals surface area contributed by atoms with Crippen molar-refractivity contribution in [3.63, 3.8) is 0 Å². The minimum atomic E-state index is -1.04. The van der Waals surface area contributed by atoms with Crippen LogP contribution in [-0.4, -0.2) is 89.5 Å². The first kappa shape index (κ1) is 27.0. The Hall–Kier alpha value is -4.17. The highest BCUT2D eigenvalue weighted by atomic mass is 19.1. The quantitative estimate of drug-likeness (QED) is 0.471. The van der Waals surface area contributed by atoms with Crippen molar-refractivity contribution in [2.45, 2.75) is 44.2 Å². The third-order valence-corrected chi connectivity index (χ3v) is 8.42. The van der Waals surface area contributed by atoms with Gasteiger partial charge in [-0.05, 0) is 57.0 Å². The number of nitriles is 1. The molecule has 2 atom stereocenters. The molecule has 3 aliphatic rings. The van der Waals surface area contributed by atoms with Crippen molar-refractivity contribution >= 4 is 22.8 Å². The molecule has 2 saturated heterocycles. The van der Waals surface area contributed by atoms with E-state index in [4.69, 9.17) is 19.4 Å². The van der Waals surface area contributed by atoms with Crippen molar-refractivity contribution < 1.29 is 23.8 Å². The number of ether oxygens (including phenoxy) is 2. The lowest BCUT2D eigenvalue weighted by molar-refractivity contribution is 0.119. The minimum Gasteiger partial charge on any atom is -0.492 e. The third-order valence-electron chi connectivity index (χ3n) is 8.42. The number of rotatable bonds is 6. The van der Waals surface area contributed by atoms with Crippen LogP contribution in [0.25, 0.3) is 22.0 Å². The average molecular weight is 561 g/mol. The Morgan fingerprint density at radius 3 is 2.80 bits per heavy atom. The molecule has 0 spiro atoms. The summed E-state index contributed by atoms with van der Waals surface area (Å²) >= 11 is 0. The number of carbonyl (C=O) groups is 1. The van der Waals surface area contributed by atoms with Crippen LogP contribution < -0.4 is 14.4 Å². The van der Waals surface area contributed by atoms with E-state index in [1.165, 1.54) is 11.0 Å². The fourth-order valence-corrected chi connectivity index (χ4v) is 6.25. The van der Waals surface area contributed by atoms with E-state index in [2.05, 4.69) is 18.0 Å². The number of halogens is 1. The molecule has 214 valence electrons. The molecule has 3 aliphatic heterocycles. The fraction of sp³-hybridized carbons (Fsp3) is 0.467. The molecule has 1 N–H and O–H groups in total. The number of amides is 1. The van der Waals surface area contributed by atoms with Gasteiger partial charge < -0.3 is 29.3 Å². The van der Waals surface area contributed by atoms with Crippen LogP contribution in [0.4, 0.5) is 15.0 Å². The second-order valence-electron chi connectivity index (χ2n) is 10.9. The van der Waals surface area contributed by atoms with Crippen LogP contribution in [-0.2, 0) is 6.42 Å². The highest BCUT2D eigenvalue weighted by Gasteiger charge is 2.34. The molecule has 0 aliphatic carbocycles. The van der Waals surface area contributed by atoms with Crippen LogP contribution in [0.15, 0.2) is 30.3 Å². The van der Waals surface area contributed by atoms with Gasteiger partial charge in [-0.3, -0.25) is 0 Å². The van der Waals surface area contributed by atoms with Gasteiger partial charge in [0.25, 0.3) is 0 Å². The summed E-state index contributed by atoms with van der Waals surface area (Å²) in [5, 5.41) is 19.8. The predicted octanol–water partition coefficient (Wildman–Crippen LogP) is 4.32. The van der Waals surface area contributed by atoms with Crippen LogP contribution in [0.1, 0.15) is 31.2 Å². The minimum absolute atomic E-state index is 0.0647. The lowest BCUT2D eigenvalue weighted by Gasteiger charge is -2.40. The summed E-state index contributed by atoms with van der Waals surface area (Å²) in [4.78, 5) is 27.1. The van der Waals surface area contributed by atoms with Gasteiger partial charge in [0, 0.05) is 36.8 Å². The molecule has 41 heavy (non-hydrogen) atoms. The van der Waals surface area contributed by atoms with E-state index < -0.39 is 12.1 Å². The van der Waals surface area contributed by atoms with Gasteiger partial charge in [-0.15, -0.1) is 0 Å². The number of carboxylic acid groups (broad SMARTS) is 1. The standard InChI is InChI=1S/C30H33FN6O4/c1-35-12-4-6-20(35)18-41-29-33-25-16-23(21-7-2-3-9-24(21)31)22-8-5-15-40-27(22)26(25)28(34-29)36-13-14-37(30(38)39)19(17-36)10-11-32/h2-3,7,9,16,19-20H,4-6,8,10,12-15,17-18H2,1H3,(H,38,39). The maximum absolute atomic E-state index is 15.1. The van der Waals surface area contributed by atoms with Crippen LogP contribution in [0.3, 0.4) is 0 Å². The Morgan fingerprint density at radius 2 is 2.05 bits per heavy atom. The molecule has 2 unspecified atom stereocenters. The van der Waals surface area contributed by atoms with Crippen LogP contribution in [0.5, 0.6) is 11.8 Å². The van der Waals surface area contributed by atoms with Crippen LogP contribution in [0.2, 0.25) is 0 Å². The zero-order valence-electron chi connectivity index (χ0n) is 23.1. The number of anilines is 1. The largest absolute Gasteiger partial charge is 0.492 e. The average Bonchev–Trinajstić information content (AvgIpc) is 3.40. The zero-order valence-corrected chi connectivity index (χ0v) is 23.1. The van der Waals surface area contributed by atoms with Gasteiger partial charge in [0.15, 0.2) is 0 Å². The van der Waals surface area contributed by atoms with E-state index in [1.54, 1.807) is 12.1 Å². The third kappa shape index (κ3) is 5.20. The Morgan fingerprint density at radius 1 is 1.20 bits per heavy atom. The highest BCUT2D eigenvalue weighted by molar-refractivity contribution is 6.00. The number of piperazine rings is 1. The predicted molar refractivity (Wildman–Crippen MR) is 151 cm³/mol. The monoisotopic (exact) mass is 560 g/mol. The smallest absolute Gasteiger partial charge is 0.407 e. The van der Waals surface area contributed by atoms with Gasteiger partial charge in [-0.2, -0.15) is 15.2 Å². The number of likely N-dealkylation sites (N-methyl/N-ethyl adjacent to an activating group) is 1. The van der Waals surface area contributed by atoms with Crippen molar-refractivity contribution in [2.24, 2.45) is 0 Å². The molecular weight excluding hydrogens is 527 g/mol. The van der Waals surface area contributed by atoms with Gasteiger partial charge in [-0.25, -0.2) is 9.18 Å². The summed E-state index contributed by atoms with van der Waals surface area (Å²) in [5.41, 5.74) is 2.68. The maximum Gasteiger partial charge on any atom is 0.407 e. The van der Waals surface area contributed by atoms with E-state index in [0.717, 1.165) is 36.9 Å². The van der Waals surface area contributed by atoms with Gasteiger partial charge in [0.05, 0.1) is 36.0 Å².